The summed E-state index contributed by atoms with van der Waals surface area (Å²) in [7, 11) is 0. The van der Waals surface area contributed by atoms with Crippen LogP contribution in [0.2, 0.25) is 0 Å². The molecule has 0 aliphatic carbocycles. The van der Waals surface area contributed by atoms with Gasteiger partial charge in [-0.3, -0.25) is 0 Å². The lowest BCUT2D eigenvalue weighted by Crippen LogP contribution is -2.27. The molecule has 1 N–H and O–H groups in total. The van der Waals surface area contributed by atoms with Gasteiger partial charge in [0.2, 0.25) is 0 Å². The van der Waals surface area contributed by atoms with E-state index < -0.39 is 0 Å². The van der Waals surface area contributed by atoms with Crippen LogP contribution >= 0.6 is 0 Å². The van der Waals surface area contributed by atoms with Gasteiger partial charge in [-0.2, -0.15) is 4.98 Å². The van der Waals surface area contributed by atoms with Gasteiger partial charge in [0.05, 0.1) is 5.69 Å². The molecule has 16 heavy (non-hydrogen) atoms. The molecule has 0 bridgehead atoms. The van der Waals surface area contributed by atoms with E-state index in [9.17, 15) is 0 Å². The van der Waals surface area contributed by atoms with Crippen LogP contribution in [-0.2, 0) is 6.54 Å². The first-order valence-electron chi connectivity index (χ1n) is 5.91. The van der Waals surface area contributed by atoms with Gasteiger partial charge in [-0.1, -0.05) is 13.8 Å². The highest BCUT2D eigenvalue weighted by atomic mass is 16.6. The molecule has 4 nitrogen and oxygen atoms in total. The SMILES string of the molecule is CCCNCc1coc(OC(C)(C)CC)n1. The van der Waals surface area contributed by atoms with Crippen molar-refractivity contribution in [2.24, 2.45) is 0 Å². The van der Waals surface area contributed by atoms with Gasteiger partial charge in [0, 0.05) is 6.54 Å². The Kier molecular flexibility index (Phi) is 4.80. The van der Waals surface area contributed by atoms with Gasteiger partial charge in [-0.25, -0.2) is 0 Å². The van der Waals surface area contributed by atoms with Crippen molar-refractivity contribution in [3.05, 3.63) is 12.0 Å². The second kappa shape index (κ2) is 5.89. The topological polar surface area (TPSA) is 47.3 Å². The van der Waals surface area contributed by atoms with Crippen molar-refractivity contribution in [3.8, 4) is 6.08 Å². The van der Waals surface area contributed by atoms with E-state index in [2.05, 4.69) is 24.1 Å². The summed E-state index contributed by atoms with van der Waals surface area (Å²) in [6, 6.07) is 0. The molecule has 92 valence electrons. The molecule has 0 aromatic carbocycles. The molecule has 0 aliphatic heterocycles. The lowest BCUT2D eigenvalue weighted by atomic mass is 10.1. The minimum Gasteiger partial charge on any atom is -0.444 e. The highest BCUT2D eigenvalue weighted by molar-refractivity contribution is 5.00. The van der Waals surface area contributed by atoms with Crippen LogP contribution in [0.1, 0.15) is 46.2 Å². The number of hydrogen-bond acceptors (Lipinski definition) is 4. The van der Waals surface area contributed by atoms with Crippen LogP contribution in [0.3, 0.4) is 0 Å². The lowest BCUT2D eigenvalue weighted by molar-refractivity contribution is 0.0666. The monoisotopic (exact) mass is 226 g/mol. The van der Waals surface area contributed by atoms with E-state index in [0.29, 0.717) is 6.08 Å². The van der Waals surface area contributed by atoms with Crippen molar-refractivity contribution in [1.29, 1.82) is 0 Å². The largest absolute Gasteiger partial charge is 0.444 e. The minimum absolute atomic E-state index is 0.223. The summed E-state index contributed by atoms with van der Waals surface area (Å²) in [5.41, 5.74) is 0.661. The number of oxazole rings is 1. The van der Waals surface area contributed by atoms with Crippen LogP contribution in [0.15, 0.2) is 10.7 Å². The Labute approximate surface area is 97.4 Å². The van der Waals surface area contributed by atoms with Crippen LogP contribution in [-0.4, -0.2) is 17.1 Å². The number of ether oxygens (including phenoxy) is 1. The van der Waals surface area contributed by atoms with Gasteiger partial charge >= 0.3 is 6.08 Å². The molecule has 1 rings (SSSR count). The quantitative estimate of drug-likeness (QED) is 0.726. The summed E-state index contributed by atoms with van der Waals surface area (Å²) < 4.78 is 10.9. The van der Waals surface area contributed by atoms with Crippen molar-refractivity contribution in [2.75, 3.05) is 6.54 Å². The van der Waals surface area contributed by atoms with Crippen molar-refractivity contribution in [3.63, 3.8) is 0 Å². The summed E-state index contributed by atoms with van der Waals surface area (Å²) in [6.45, 7) is 9.97. The third-order valence-electron chi connectivity index (χ3n) is 2.48. The van der Waals surface area contributed by atoms with Crippen molar-refractivity contribution in [1.82, 2.24) is 10.3 Å². The van der Waals surface area contributed by atoms with E-state index in [1.54, 1.807) is 6.26 Å². The Balaban J connectivity index is 2.45. The lowest BCUT2D eigenvalue weighted by Gasteiger charge is -2.21. The third kappa shape index (κ3) is 4.23. The Bertz CT molecular complexity index is 308. The molecule has 0 saturated carbocycles. The van der Waals surface area contributed by atoms with E-state index in [4.69, 9.17) is 9.15 Å². The zero-order valence-corrected chi connectivity index (χ0v) is 10.7. The van der Waals surface area contributed by atoms with Crippen LogP contribution < -0.4 is 10.1 Å². The fourth-order valence-corrected chi connectivity index (χ4v) is 1.12. The van der Waals surface area contributed by atoms with Gasteiger partial charge in [0.25, 0.3) is 0 Å². The first-order chi connectivity index (χ1) is 7.57. The van der Waals surface area contributed by atoms with Gasteiger partial charge in [0.1, 0.15) is 11.9 Å². The Morgan fingerprint density at radius 2 is 2.19 bits per heavy atom. The fourth-order valence-electron chi connectivity index (χ4n) is 1.12. The third-order valence-corrected chi connectivity index (χ3v) is 2.48. The summed E-state index contributed by atoms with van der Waals surface area (Å²) in [6.07, 6.45) is 4.03. The van der Waals surface area contributed by atoms with Crippen LogP contribution in [0.25, 0.3) is 0 Å². The van der Waals surface area contributed by atoms with Crippen molar-refractivity contribution in [2.45, 2.75) is 52.7 Å². The molecule has 0 amide bonds. The van der Waals surface area contributed by atoms with Crippen LogP contribution in [0.4, 0.5) is 0 Å². The van der Waals surface area contributed by atoms with Crippen molar-refractivity contribution < 1.29 is 9.15 Å². The van der Waals surface area contributed by atoms with Gasteiger partial charge in [-0.05, 0) is 33.2 Å². The second-order valence-corrected chi connectivity index (χ2v) is 4.50. The first-order valence-corrected chi connectivity index (χ1v) is 5.91. The normalized spacial score (nSPS) is 11.8. The predicted molar refractivity (Wildman–Crippen MR) is 63.5 cm³/mol. The Morgan fingerprint density at radius 3 is 2.81 bits per heavy atom. The Hall–Kier alpha value is -1.03. The maximum atomic E-state index is 5.63. The molecule has 0 fully saturated rings. The second-order valence-electron chi connectivity index (χ2n) is 4.50. The first kappa shape index (κ1) is 13.0. The minimum atomic E-state index is -0.223. The summed E-state index contributed by atoms with van der Waals surface area (Å²) >= 11 is 0. The molecule has 1 heterocycles. The van der Waals surface area contributed by atoms with Crippen LogP contribution in [0.5, 0.6) is 6.08 Å². The average Bonchev–Trinajstić information content (AvgIpc) is 2.65. The molecule has 1 aromatic heterocycles. The molecule has 0 atom stereocenters. The van der Waals surface area contributed by atoms with E-state index in [-0.39, 0.29) is 5.60 Å². The summed E-state index contributed by atoms with van der Waals surface area (Å²) in [4.78, 5) is 4.26. The number of rotatable bonds is 7. The number of nitrogens with one attached hydrogen (secondary N) is 1. The van der Waals surface area contributed by atoms with E-state index in [0.717, 1.165) is 31.6 Å². The molecule has 4 heteroatoms. The standard InChI is InChI=1S/C12H22N2O2/c1-5-7-13-8-10-9-15-11(14-10)16-12(3,4)6-2/h9,13H,5-8H2,1-4H3. The Morgan fingerprint density at radius 1 is 1.44 bits per heavy atom. The summed E-state index contributed by atoms with van der Waals surface area (Å²) in [5.74, 6) is 0. The fraction of sp³-hybridized carbons (Fsp3) is 0.750. The zero-order chi connectivity index (χ0) is 12.0. The maximum Gasteiger partial charge on any atom is 0.394 e. The molecular formula is C12H22N2O2. The molecule has 1 aromatic rings. The molecule has 0 saturated heterocycles. The molecular weight excluding hydrogens is 204 g/mol. The number of hydrogen-bond donors (Lipinski definition) is 1. The molecule has 0 aliphatic rings. The molecule has 0 unspecified atom stereocenters. The molecule has 0 radical (unpaired) electrons. The smallest absolute Gasteiger partial charge is 0.394 e. The van der Waals surface area contributed by atoms with E-state index in [1.807, 2.05) is 13.8 Å². The maximum absolute atomic E-state index is 5.63. The van der Waals surface area contributed by atoms with E-state index in [1.165, 1.54) is 0 Å². The van der Waals surface area contributed by atoms with E-state index >= 15 is 0 Å². The van der Waals surface area contributed by atoms with Gasteiger partial charge < -0.3 is 14.5 Å². The van der Waals surface area contributed by atoms with Crippen molar-refractivity contribution >= 4 is 0 Å². The predicted octanol–water partition coefficient (Wildman–Crippen LogP) is 2.74. The average molecular weight is 226 g/mol. The summed E-state index contributed by atoms with van der Waals surface area (Å²) in [5, 5.41) is 3.26. The number of aromatic nitrogens is 1. The van der Waals surface area contributed by atoms with Gasteiger partial charge in [-0.15, -0.1) is 0 Å². The number of nitrogens with zero attached hydrogens (tertiary/aromatic N) is 1. The van der Waals surface area contributed by atoms with Gasteiger partial charge in [0.15, 0.2) is 0 Å². The van der Waals surface area contributed by atoms with Crippen LogP contribution in [0, 0.1) is 0 Å². The highest BCUT2D eigenvalue weighted by Gasteiger charge is 2.19. The molecule has 0 spiro atoms. The zero-order valence-electron chi connectivity index (χ0n) is 10.7. The highest BCUT2D eigenvalue weighted by Crippen LogP contribution is 2.19.